The van der Waals surface area contributed by atoms with Crippen LogP contribution < -0.4 is 48.3 Å². The molecule has 0 aliphatic heterocycles. The first-order valence-electron chi connectivity index (χ1n) is 23.3. The molecule has 0 saturated heterocycles. The minimum Gasteiger partial charge on any atom is -0.508 e. The van der Waals surface area contributed by atoms with Gasteiger partial charge in [-0.15, -0.1) is 0 Å². The summed E-state index contributed by atoms with van der Waals surface area (Å²) in [6, 6.07) is -1.21. The highest BCUT2D eigenvalue weighted by Gasteiger charge is 2.35. The second-order valence-corrected chi connectivity index (χ2v) is 18.2. The fourth-order valence-corrected chi connectivity index (χ4v) is 7.67. The number of H-pyrrole nitrogens is 1. The minimum atomic E-state index is -1.99. The number of rotatable bonds is 33. The van der Waals surface area contributed by atoms with E-state index in [4.69, 9.17) is 10.8 Å². The topological polar surface area (TPSA) is 481 Å². The number of aromatic amines is 1. The van der Waals surface area contributed by atoms with Crippen molar-refractivity contribution in [1.82, 2.24) is 47.5 Å². The van der Waals surface area contributed by atoms with E-state index in [1.807, 2.05) is 0 Å². The first-order chi connectivity index (χ1) is 36.3. The van der Waals surface area contributed by atoms with Gasteiger partial charge in [0.15, 0.2) is 0 Å². The minimum absolute atomic E-state index is 0.0958. The van der Waals surface area contributed by atoms with E-state index >= 15 is 0 Å². The van der Waals surface area contributed by atoms with Gasteiger partial charge in [0.1, 0.15) is 48.0 Å². The number of carboxylic acid groups (broad SMARTS) is 5. The summed E-state index contributed by atoms with van der Waals surface area (Å²) in [6.45, 7) is 0.254. The van der Waals surface area contributed by atoms with Gasteiger partial charge in [-0.25, -0.2) is 4.79 Å². The zero-order valence-corrected chi connectivity index (χ0v) is 42.2. The number of carbonyl (C=O) groups is 13. The lowest BCUT2D eigenvalue weighted by molar-refractivity contribution is -0.144. The van der Waals surface area contributed by atoms with Gasteiger partial charge in [-0.3, -0.25) is 57.5 Å². The predicted octanol–water partition coefficient (Wildman–Crippen LogP) is -3.36. The van der Waals surface area contributed by atoms with Crippen LogP contribution in [0.15, 0.2) is 54.7 Å². The summed E-state index contributed by atoms with van der Waals surface area (Å²) in [5, 5.41) is 75.5. The van der Waals surface area contributed by atoms with Gasteiger partial charge < -0.3 is 83.9 Å². The Morgan fingerprint density at radius 3 is 1.62 bits per heavy atom. The number of carbonyl (C=O) groups excluding carboxylic acids is 8. The molecule has 3 aromatic rings. The lowest BCUT2D eigenvalue weighted by Gasteiger charge is -2.25. The number of aromatic nitrogens is 1. The molecule has 418 valence electrons. The van der Waals surface area contributed by atoms with Crippen LogP contribution in [0.25, 0.3) is 10.9 Å². The van der Waals surface area contributed by atoms with Crippen LogP contribution >= 0.6 is 11.8 Å². The summed E-state index contributed by atoms with van der Waals surface area (Å²) < 4.78 is 0. The molecular weight excluding hydrogens is 1040 g/mol. The summed E-state index contributed by atoms with van der Waals surface area (Å²) in [5.74, 6) is -16.5. The molecule has 0 aliphatic rings. The number of fused-ring (bicyclic) bond motifs is 1. The highest BCUT2D eigenvalue weighted by atomic mass is 32.2. The van der Waals surface area contributed by atoms with Gasteiger partial charge in [0, 0.05) is 36.4 Å². The van der Waals surface area contributed by atoms with Crippen LogP contribution in [0.1, 0.15) is 56.6 Å². The molecule has 0 spiro atoms. The fourth-order valence-electron chi connectivity index (χ4n) is 7.20. The number of hydrogen-bond donors (Lipinski definition) is 16. The molecule has 8 atom stereocenters. The van der Waals surface area contributed by atoms with Crippen LogP contribution in [0.5, 0.6) is 5.75 Å². The molecule has 8 amide bonds. The quantitative estimate of drug-likeness (QED) is 0.0283. The smallest absolute Gasteiger partial charge is 0.326 e. The van der Waals surface area contributed by atoms with Crippen molar-refractivity contribution in [3.05, 3.63) is 65.9 Å². The Morgan fingerprint density at radius 2 is 1.06 bits per heavy atom. The van der Waals surface area contributed by atoms with Crippen LogP contribution in [0, 0.1) is 0 Å². The average molecular weight is 1100 g/mol. The van der Waals surface area contributed by atoms with Crippen molar-refractivity contribution >= 4 is 99.8 Å². The van der Waals surface area contributed by atoms with Gasteiger partial charge in [-0.1, -0.05) is 30.3 Å². The predicted molar refractivity (Wildman–Crippen MR) is 268 cm³/mol. The molecule has 0 radical (unpaired) electrons. The molecule has 0 saturated carbocycles. The molecule has 0 fully saturated rings. The monoisotopic (exact) mass is 1100 g/mol. The SMILES string of the molecule is CSCC[C@H](NC(=O)[C@H](C)NC(=O)CNC(=O)[C@H](CCC(=O)O)NC(=O)[C@H](CC(=O)O)NC(=O)[C@H](Cc1c[nH]c2ccccc12)NC(=O)[C@@H](N)CC(=O)O)C(=O)N[C@@H](CC(=O)O)C(=O)N[C@@H](Cc1ccc(O)cc1)C(=O)O. The van der Waals surface area contributed by atoms with Crippen molar-refractivity contribution in [2.24, 2.45) is 5.73 Å². The van der Waals surface area contributed by atoms with Crippen molar-refractivity contribution in [2.45, 2.75) is 107 Å². The first kappa shape index (κ1) is 62.5. The molecule has 2 aromatic carbocycles. The normalized spacial score (nSPS) is 14.0. The largest absolute Gasteiger partial charge is 0.508 e. The van der Waals surface area contributed by atoms with Crippen molar-refractivity contribution < 1.29 is 93.0 Å². The molecule has 29 nitrogen and oxygen atoms in total. The Kier molecular flexibility index (Phi) is 24.8. The van der Waals surface area contributed by atoms with E-state index in [0.29, 0.717) is 22.0 Å². The molecule has 0 aliphatic carbocycles. The summed E-state index contributed by atoms with van der Waals surface area (Å²) in [6.07, 6.45) is -1.85. The maximum absolute atomic E-state index is 13.8. The van der Waals surface area contributed by atoms with Crippen molar-refractivity contribution in [2.75, 3.05) is 18.6 Å². The second-order valence-electron chi connectivity index (χ2n) is 17.3. The number of aliphatic carboxylic acids is 5. The molecule has 17 N–H and O–H groups in total. The molecule has 1 aromatic heterocycles. The number of benzene rings is 2. The highest BCUT2D eigenvalue weighted by molar-refractivity contribution is 7.98. The van der Waals surface area contributed by atoms with Crippen LogP contribution in [-0.2, 0) is 75.2 Å². The van der Waals surface area contributed by atoms with E-state index in [2.05, 4.69) is 47.5 Å². The molecule has 30 heteroatoms. The zero-order chi connectivity index (χ0) is 57.5. The number of amides is 8. The van der Waals surface area contributed by atoms with Crippen LogP contribution in [0.2, 0.25) is 0 Å². The summed E-state index contributed by atoms with van der Waals surface area (Å²) in [5.41, 5.74) is 7.19. The molecule has 3 rings (SSSR count). The Bertz CT molecular complexity index is 2670. The van der Waals surface area contributed by atoms with E-state index < -0.39 is 164 Å². The summed E-state index contributed by atoms with van der Waals surface area (Å²) in [7, 11) is 0. The number of nitrogens with two attached hydrogens (primary N) is 1. The molecule has 0 bridgehead atoms. The third kappa shape index (κ3) is 21.5. The fraction of sp³-hybridized carbons (Fsp3) is 0.426. The molecule has 0 unspecified atom stereocenters. The van der Waals surface area contributed by atoms with Gasteiger partial charge in [-0.2, -0.15) is 11.8 Å². The van der Waals surface area contributed by atoms with Gasteiger partial charge in [0.05, 0.1) is 31.8 Å². The molecule has 1 heterocycles. The Labute approximate surface area is 441 Å². The van der Waals surface area contributed by atoms with Crippen molar-refractivity contribution in [3.63, 3.8) is 0 Å². The number of phenols is 1. The van der Waals surface area contributed by atoms with Crippen LogP contribution in [-0.4, -0.2) is 180 Å². The number of phenolic OH excluding ortho intramolecular Hbond substituents is 1. The second kappa shape index (κ2) is 30.5. The third-order valence-corrected chi connectivity index (χ3v) is 11.8. The maximum atomic E-state index is 13.8. The lowest BCUT2D eigenvalue weighted by atomic mass is 10.0. The Balaban J connectivity index is 1.71. The van der Waals surface area contributed by atoms with E-state index in [-0.39, 0.29) is 30.8 Å². The number of aromatic hydroxyl groups is 1. The zero-order valence-electron chi connectivity index (χ0n) is 41.4. The Morgan fingerprint density at radius 1 is 0.558 bits per heavy atom. The summed E-state index contributed by atoms with van der Waals surface area (Å²) in [4.78, 5) is 168. The van der Waals surface area contributed by atoms with Gasteiger partial charge in [0.25, 0.3) is 0 Å². The average Bonchev–Trinajstić information content (AvgIpc) is 3.77. The number of para-hydroxylation sites is 1. The van der Waals surface area contributed by atoms with E-state index in [0.717, 1.165) is 0 Å². The van der Waals surface area contributed by atoms with E-state index in [1.54, 1.807) is 30.5 Å². The third-order valence-electron chi connectivity index (χ3n) is 11.2. The van der Waals surface area contributed by atoms with E-state index in [1.165, 1.54) is 49.1 Å². The van der Waals surface area contributed by atoms with Crippen molar-refractivity contribution in [1.29, 1.82) is 0 Å². The highest BCUT2D eigenvalue weighted by Crippen LogP contribution is 2.20. The van der Waals surface area contributed by atoms with Gasteiger partial charge in [-0.05, 0) is 61.1 Å². The Hall–Kier alpha value is -8.80. The first-order valence-corrected chi connectivity index (χ1v) is 24.7. The summed E-state index contributed by atoms with van der Waals surface area (Å²) >= 11 is 1.24. The van der Waals surface area contributed by atoms with Gasteiger partial charge in [0.2, 0.25) is 47.3 Å². The number of carboxylic acids is 5. The number of nitrogens with one attached hydrogen (secondary N) is 9. The number of hydrogen-bond acceptors (Lipinski definition) is 16. The van der Waals surface area contributed by atoms with Crippen LogP contribution in [0.3, 0.4) is 0 Å². The van der Waals surface area contributed by atoms with Gasteiger partial charge >= 0.3 is 29.8 Å². The molecule has 77 heavy (non-hydrogen) atoms. The lowest BCUT2D eigenvalue weighted by Crippen LogP contribution is -2.59. The van der Waals surface area contributed by atoms with E-state index in [9.17, 15) is 87.9 Å². The van der Waals surface area contributed by atoms with Crippen LogP contribution in [0.4, 0.5) is 0 Å². The standard InChI is InChI=1S/C47H60N10O19S/c1-22(40(68)52-30(13-14-77-2)43(71)55-33(19-39(66)67)46(74)57-34(47(75)76)15-23-7-9-25(58)10-8-23)51-35(59)21-50-42(70)29(11-12-36(60)61)53-45(73)32(18-38(64)65)56-44(72)31(54-41(69)27(48)17-37(62)63)16-24-20-49-28-6-4-3-5-26(24)28/h3-10,20,22,27,29-34,49,58H,11-19,21,48H2,1-2H3,(H,50,70)(H,51,59)(H,52,68)(H,53,73)(H,54,69)(H,55,71)(H,56,72)(H,57,74)(H,60,61)(H,62,63)(H,64,65)(H,66,67)(H,75,76)/t22-,27-,29-,30-,31-,32-,33-,34-/m0/s1. The van der Waals surface area contributed by atoms with Crippen molar-refractivity contribution in [3.8, 4) is 5.75 Å². The maximum Gasteiger partial charge on any atom is 0.326 e. The number of thioether (sulfide) groups is 1. The molecular formula is C47H60N10O19S.